The molecule has 1 atom stereocenters. The summed E-state index contributed by atoms with van der Waals surface area (Å²) in [6.45, 7) is 5.90. The molecule has 3 aromatic rings. The van der Waals surface area contributed by atoms with Crippen LogP contribution in [-0.2, 0) is 6.54 Å². The van der Waals surface area contributed by atoms with Crippen LogP contribution >= 0.6 is 0 Å². The highest BCUT2D eigenvalue weighted by atomic mass is 16.5. The van der Waals surface area contributed by atoms with E-state index in [9.17, 15) is 4.79 Å². The molecule has 4 nitrogen and oxygen atoms in total. The number of benzene rings is 2. The van der Waals surface area contributed by atoms with Crippen LogP contribution in [-0.4, -0.2) is 18.6 Å². The molecule has 0 aliphatic carbocycles. The van der Waals surface area contributed by atoms with Crippen LogP contribution in [0.2, 0.25) is 0 Å². The topological polar surface area (TPSA) is 42.7 Å². The van der Waals surface area contributed by atoms with E-state index in [0.717, 1.165) is 48.2 Å². The molecule has 2 heterocycles. The van der Waals surface area contributed by atoms with Crippen molar-refractivity contribution >= 4 is 11.0 Å². The molecule has 0 spiro atoms. The van der Waals surface area contributed by atoms with Crippen LogP contribution in [0.4, 0.5) is 0 Å². The van der Waals surface area contributed by atoms with Gasteiger partial charge in [-0.1, -0.05) is 12.1 Å². The van der Waals surface area contributed by atoms with E-state index >= 15 is 0 Å². The van der Waals surface area contributed by atoms with Gasteiger partial charge in [0.05, 0.1) is 7.11 Å². The van der Waals surface area contributed by atoms with E-state index < -0.39 is 0 Å². The summed E-state index contributed by atoms with van der Waals surface area (Å²) in [6, 6.07) is 14.4. The maximum absolute atomic E-state index is 12.1. The molecule has 1 aliphatic heterocycles. The SMILES string of the molecule is COc1cccc([C@H]2CCCN2Cc2cc(=O)oc3cc(C)c(C)cc23)c1. The van der Waals surface area contributed by atoms with Crippen molar-refractivity contribution in [1.29, 1.82) is 0 Å². The molecule has 0 amide bonds. The summed E-state index contributed by atoms with van der Waals surface area (Å²) in [6.07, 6.45) is 2.27. The number of hydrogen-bond donors (Lipinski definition) is 0. The molecule has 1 saturated heterocycles. The minimum atomic E-state index is -0.280. The zero-order chi connectivity index (χ0) is 19.0. The Bertz CT molecular complexity index is 1040. The van der Waals surface area contributed by atoms with Gasteiger partial charge >= 0.3 is 5.63 Å². The summed E-state index contributed by atoms with van der Waals surface area (Å²) in [5.41, 5.74) is 5.06. The van der Waals surface area contributed by atoms with Gasteiger partial charge in [-0.05, 0) is 79.8 Å². The molecule has 4 rings (SSSR count). The van der Waals surface area contributed by atoms with E-state index in [1.54, 1.807) is 13.2 Å². The van der Waals surface area contributed by atoms with Gasteiger partial charge in [0.1, 0.15) is 11.3 Å². The second-order valence-electron chi connectivity index (χ2n) is 7.43. The average Bonchev–Trinajstić information content (AvgIpc) is 3.11. The van der Waals surface area contributed by atoms with Crippen molar-refractivity contribution in [3.63, 3.8) is 0 Å². The summed E-state index contributed by atoms with van der Waals surface area (Å²) in [4.78, 5) is 14.6. The van der Waals surface area contributed by atoms with Crippen LogP contribution in [0.15, 0.2) is 51.7 Å². The number of nitrogens with zero attached hydrogens (tertiary/aromatic N) is 1. The van der Waals surface area contributed by atoms with Crippen LogP contribution in [0.5, 0.6) is 5.75 Å². The first kappa shape index (κ1) is 17.8. The average molecular weight is 363 g/mol. The van der Waals surface area contributed by atoms with E-state index in [2.05, 4.69) is 30.0 Å². The number of ether oxygens (including phenoxy) is 1. The third kappa shape index (κ3) is 3.50. The number of likely N-dealkylation sites (tertiary alicyclic amines) is 1. The van der Waals surface area contributed by atoms with Crippen LogP contribution in [0.1, 0.15) is 41.1 Å². The molecule has 0 N–H and O–H groups in total. The molecule has 140 valence electrons. The summed E-state index contributed by atoms with van der Waals surface area (Å²) in [5, 5.41) is 1.04. The Kier molecular flexibility index (Phi) is 4.75. The Morgan fingerprint density at radius 3 is 2.78 bits per heavy atom. The van der Waals surface area contributed by atoms with Crippen LogP contribution in [0.3, 0.4) is 0 Å². The normalized spacial score (nSPS) is 17.5. The molecule has 4 heteroatoms. The Morgan fingerprint density at radius 2 is 1.96 bits per heavy atom. The minimum absolute atomic E-state index is 0.280. The third-order valence-electron chi connectivity index (χ3n) is 5.66. The lowest BCUT2D eigenvalue weighted by Gasteiger charge is -2.25. The molecule has 1 fully saturated rings. The fourth-order valence-electron chi connectivity index (χ4n) is 4.07. The van der Waals surface area contributed by atoms with E-state index in [1.807, 2.05) is 25.1 Å². The fraction of sp³-hybridized carbons (Fsp3) is 0.348. The standard InChI is InChI=1S/C23H25NO3/c1-15-10-20-18(13-23(25)27-22(20)11-16(15)2)14-24-9-5-8-21(24)17-6-4-7-19(12-17)26-3/h4,6-7,10-13,21H,5,8-9,14H2,1-3H3/t21-/m1/s1. The number of fused-ring (bicyclic) bond motifs is 1. The van der Waals surface area contributed by atoms with Gasteiger partial charge in [0.2, 0.25) is 0 Å². The molecular formula is C23H25NO3. The third-order valence-corrected chi connectivity index (χ3v) is 5.66. The Morgan fingerprint density at radius 1 is 1.15 bits per heavy atom. The van der Waals surface area contributed by atoms with E-state index in [4.69, 9.17) is 9.15 Å². The highest BCUT2D eigenvalue weighted by molar-refractivity contribution is 5.81. The van der Waals surface area contributed by atoms with Gasteiger partial charge in [0.25, 0.3) is 0 Å². The summed E-state index contributed by atoms with van der Waals surface area (Å²) >= 11 is 0. The number of hydrogen-bond acceptors (Lipinski definition) is 4. The summed E-state index contributed by atoms with van der Waals surface area (Å²) in [7, 11) is 1.70. The van der Waals surface area contributed by atoms with Crippen molar-refractivity contribution in [1.82, 2.24) is 4.90 Å². The maximum atomic E-state index is 12.1. The van der Waals surface area contributed by atoms with Crippen LogP contribution in [0, 0.1) is 13.8 Å². The molecule has 1 aromatic heterocycles. The highest BCUT2D eigenvalue weighted by Gasteiger charge is 2.27. The van der Waals surface area contributed by atoms with Crippen molar-refractivity contribution < 1.29 is 9.15 Å². The number of rotatable bonds is 4. The molecule has 1 aliphatic rings. The van der Waals surface area contributed by atoms with Gasteiger partial charge in [-0.15, -0.1) is 0 Å². The lowest BCUT2D eigenvalue weighted by molar-refractivity contribution is 0.248. The molecule has 0 saturated carbocycles. The second kappa shape index (κ2) is 7.20. The van der Waals surface area contributed by atoms with Crippen LogP contribution < -0.4 is 10.4 Å². The Hall–Kier alpha value is -2.59. The van der Waals surface area contributed by atoms with Crippen molar-refractivity contribution in [3.05, 3.63) is 75.1 Å². The minimum Gasteiger partial charge on any atom is -0.497 e. The van der Waals surface area contributed by atoms with Crippen molar-refractivity contribution in [2.45, 2.75) is 39.3 Å². The van der Waals surface area contributed by atoms with Gasteiger partial charge in [0, 0.05) is 24.0 Å². The highest BCUT2D eigenvalue weighted by Crippen LogP contribution is 2.35. The fourth-order valence-corrected chi connectivity index (χ4v) is 4.07. The molecule has 0 bridgehead atoms. The summed E-state index contributed by atoms with van der Waals surface area (Å²) in [5.74, 6) is 0.885. The number of methoxy groups -OCH3 is 1. The maximum Gasteiger partial charge on any atom is 0.336 e. The molecule has 0 unspecified atom stereocenters. The zero-order valence-corrected chi connectivity index (χ0v) is 16.1. The van der Waals surface area contributed by atoms with Crippen LogP contribution in [0.25, 0.3) is 11.0 Å². The van der Waals surface area contributed by atoms with Gasteiger partial charge < -0.3 is 9.15 Å². The molecule has 2 aromatic carbocycles. The van der Waals surface area contributed by atoms with E-state index in [1.165, 1.54) is 11.1 Å². The first-order chi connectivity index (χ1) is 13.0. The van der Waals surface area contributed by atoms with Crippen molar-refractivity contribution in [2.75, 3.05) is 13.7 Å². The Labute approximate surface area is 159 Å². The van der Waals surface area contributed by atoms with Crippen molar-refractivity contribution in [2.24, 2.45) is 0 Å². The zero-order valence-electron chi connectivity index (χ0n) is 16.1. The first-order valence-electron chi connectivity index (χ1n) is 9.47. The first-order valence-corrected chi connectivity index (χ1v) is 9.47. The predicted octanol–water partition coefficient (Wildman–Crippen LogP) is 4.76. The van der Waals surface area contributed by atoms with Gasteiger partial charge in [-0.2, -0.15) is 0 Å². The lowest BCUT2D eigenvalue weighted by atomic mass is 10.0. The molecular weight excluding hydrogens is 338 g/mol. The largest absolute Gasteiger partial charge is 0.497 e. The smallest absolute Gasteiger partial charge is 0.336 e. The Balaban J connectivity index is 1.70. The number of aryl methyl sites for hydroxylation is 2. The van der Waals surface area contributed by atoms with E-state index in [0.29, 0.717) is 11.6 Å². The summed E-state index contributed by atoms with van der Waals surface area (Å²) < 4.78 is 10.8. The van der Waals surface area contributed by atoms with E-state index in [-0.39, 0.29) is 5.63 Å². The van der Waals surface area contributed by atoms with Gasteiger partial charge in [0.15, 0.2) is 0 Å². The van der Waals surface area contributed by atoms with Crippen molar-refractivity contribution in [3.8, 4) is 5.75 Å². The lowest BCUT2D eigenvalue weighted by Crippen LogP contribution is -2.23. The van der Waals surface area contributed by atoms with Gasteiger partial charge in [-0.25, -0.2) is 4.79 Å². The van der Waals surface area contributed by atoms with Gasteiger partial charge in [-0.3, -0.25) is 4.90 Å². The quantitative estimate of drug-likeness (QED) is 0.627. The monoisotopic (exact) mass is 363 g/mol. The second-order valence-corrected chi connectivity index (χ2v) is 7.43. The predicted molar refractivity (Wildman–Crippen MR) is 107 cm³/mol. The molecule has 27 heavy (non-hydrogen) atoms. The molecule has 0 radical (unpaired) electrons.